The molecule has 0 saturated heterocycles. The summed E-state index contributed by atoms with van der Waals surface area (Å²) in [5, 5.41) is 15.4. The number of hydrogen-bond donors (Lipinski definition) is 2. The Morgan fingerprint density at radius 2 is 2.21 bits per heavy atom. The fourth-order valence-corrected chi connectivity index (χ4v) is 2.19. The predicted octanol–water partition coefficient (Wildman–Crippen LogP) is 1.09. The fourth-order valence-electron chi connectivity index (χ4n) is 1.62. The SMILES string of the molecule is CC(C)c1cc(C(=O)NCCSCC(=O)O)nn1C. The Kier molecular flexibility index (Phi) is 5.88. The first-order valence-electron chi connectivity index (χ1n) is 6.03. The minimum Gasteiger partial charge on any atom is -0.481 e. The standard InChI is InChI=1S/C12H19N3O3S/c1-8(2)10-6-9(14-15(10)3)12(18)13-4-5-19-7-11(16)17/h6,8H,4-5,7H2,1-3H3,(H,13,18)(H,16,17). The number of carbonyl (C=O) groups excluding carboxylic acids is 1. The summed E-state index contributed by atoms with van der Waals surface area (Å²) < 4.78 is 1.71. The van der Waals surface area contributed by atoms with Crippen LogP contribution in [-0.4, -0.2) is 44.8 Å². The van der Waals surface area contributed by atoms with E-state index < -0.39 is 5.97 Å². The van der Waals surface area contributed by atoms with E-state index in [9.17, 15) is 9.59 Å². The number of nitrogens with zero attached hydrogens (tertiary/aromatic N) is 2. The quantitative estimate of drug-likeness (QED) is 0.733. The molecule has 0 spiro atoms. The molecule has 0 bridgehead atoms. The molecule has 0 aliphatic rings. The number of aliphatic carboxylic acids is 1. The lowest BCUT2D eigenvalue weighted by Crippen LogP contribution is -2.26. The first kappa shape index (κ1) is 15.6. The second-order valence-corrected chi connectivity index (χ2v) is 5.54. The Labute approximate surface area is 116 Å². The number of rotatable bonds is 7. The van der Waals surface area contributed by atoms with Crippen LogP contribution in [0, 0.1) is 0 Å². The van der Waals surface area contributed by atoms with E-state index in [0.29, 0.717) is 23.9 Å². The Morgan fingerprint density at radius 3 is 2.74 bits per heavy atom. The summed E-state index contributed by atoms with van der Waals surface area (Å²) in [4.78, 5) is 22.1. The van der Waals surface area contributed by atoms with Gasteiger partial charge in [0.05, 0.1) is 5.75 Å². The van der Waals surface area contributed by atoms with Gasteiger partial charge in [-0.2, -0.15) is 5.10 Å². The Hall–Kier alpha value is -1.50. The number of aryl methyl sites for hydroxylation is 1. The van der Waals surface area contributed by atoms with Gasteiger partial charge in [-0.1, -0.05) is 13.8 Å². The van der Waals surface area contributed by atoms with Crippen LogP contribution < -0.4 is 5.32 Å². The molecular formula is C12H19N3O3S. The fraction of sp³-hybridized carbons (Fsp3) is 0.583. The highest BCUT2D eigenvalue weighted by Gasteiger charge is 2.14. The highest BCUT2D eigenvalue weighted by atomic mass is 32.2. The summed E-state index contributed by atoms with van der Waals surface area (Å²) in [7, 11) is 1.81. The average Bonchev–Trinajstić information content (AvgIpc) is 2.70. The van der Waals surface area contributed by atoms with Crippen LogP contribution in [0.1, 0.15) is 35.9 Å². The summed E-state index contributed by atoms with van der Waals surface area (Å²) in [5.74, 6) is -0.134. The van der Waals surface area contributed by atoms with E-state index in [4.69, 9.17) is 5.11 Å². The molecule has 0 aromatic carbocycles. The molecule has 0 saturated carbocycles. The van der Waals surface area contributed by atoms with Crippen molar-refractivity contribution < 1.29 is 14.7 Å². The van der Waals surface area contributed by atoms with Crippen molar-refractivity contribution in [3.05, 3.63) is 17.5 Å². The summed E-state index contributed by atoms with van der Waals surface area (Å²) >= 11 is 1.27. The summed E-state index contributed by atoms with van der Waals surface area (Å²) in [6, 6.07) is 1.78. The maximum Gasteiger partial charge on any atom is 0.313 e. The van der Waals surface area contributed by atoms with Gasteiger partial charge >= 0.3 is 5.97 Å². The molecule has 1 heterocycles. The first-order valence-corrected chi connectivity index (χ1v) is 7.19. The second kappa shape index (κ2) is 7.18. The number of nitrogens with one attached hydrogen (secondary N) is 1. The van der Waals surface area contributed by atoms with Gasteiger partial charge in [0.1, 0.15) is 5.69 Å². The van der Waals surface area contributed by atoms with Gasteiger partial charge in [0, 0.05) is 25.0 Å². The highest BCUT2D eigenvalue weighted by Crippen LogP contribution is 2.14. The van der Waals surface area contributed by atoms with Crippen molar-refractivity contribution in [2.45, 2.75) is 19.8 Å². The highest BCUT2D eigenvalue weighted by molar-refractivity contribution is 7.99. The van der Waals surface area contributed by atoms with E-state index in [1.165, 1.54) is 11.8 Å². The smallest absolute Gasteiger partial charge is 0.313 e. The Bertz CT molecular complexity index is 457. The van der Waals surface area contributed by atoms with E-state index in [1.807, 2.05) is 20.9 Å². The second-order valence-electron chi connectivity index (χ2n) is 4.43. The normalized spacial score (nSPS) is 10.7. The van der Waals surface area contributed by atoms with Crippen LogP contribution in [0.3, 0.4) is 0 Å². The zero-order chi connectivity index (χ0) is 14.4. The molecule has 2 N–H and O–H groups in total. The Morgan fingerprint density at radius 1 is 1.53 bits per heavy atom. The third kappa shape index (κ3) is 4.94. The number of carboxylic acids is 1. The zero-order valence-corrected chi connectivity index (χ0v) is 12.2. The topological polar surface area (TPSA) is 84.2 Å². The maximum atomic E-state index is 11.8. The number of amides is 1. The monoisotopic (exact) mass is 285 g/mol. The van der Waals surface area contributed by atoms with E-state index in [1.54, 1.807) is 10.7 Å². The summed E-state index contributed by atoms with van der Waals surface area (Å²) in [6.45, 7) is 4.52. The predicted molar refractivity (Wildman–Crippen MR) is 74.6 cm³/mol. The van der Waals surface area contributed by atoms with Gasteiger partial charge in [0.2, 0.25) is 0 Å². The lowest BCUT2D eigenvalue weighted by atomic mass is 10.1. The molecule has 0 atom stereocenters. The molecule has 7 heteroatoms. The van der Waals surface area contributed by atoms with Gasteiger partial charge in [-0.25, -0.2) is 0 Å². The minimum absolute atomic E-state index is 0.0525. The molecule has 1 amide bonds. The van der Waals surface area contributed by atoms with Gasteiger partial charge in [-0.15, -0.1) is 11.8 Å². The zero-order valence-electron chi connectivity index (χ0n) is 11.3. The molecule has 1 aromatic rings. The van der Waals surface area contributed by atoms with Gasteiger partial charge in [-0.3, -0.25) is 14.3 Å². The van der Waals surface area contributed by atoms with Crippen LogP contribution in [0.4, 0.5) is 0 Å². The van der Waals surface area contributed by atoms with Crippen molar-refractivity contribution in [3.63, 3.8) is 0 Å². The van der Waals surface area contributed by atoms with Crippen molar-refractivity contribution in [2.24, 2.45) is 7.05 Å². The van der Waals surface area contributed by atoms with Crippen LogP contribution in [0.5, 0.6) is 0 Å². The van der Waals surface area contributed by atoms with E-state index in [0.717, 1.165) is 5.69 Å². The number of thioether (sulfide) groups is 1. The van der Waals surface area contributed by atoms with Crippen LogP contribution in [0.15, 0.2) is 6.07 Å². The average molecular weight is 285 g/mol. The van der Waals surface area contributed by atoms with Crippen molar-refractivity contribution >= 4 is 23.6 Å². The lowest BCUT2D eigenvalue weighted by Gasteiger charge is -2.02. The van der Waals surface area contributed by atoms with Crippen LogP contribution >= 0.6 is 11.8 Å². The lowest BCUT2D eigenvalue weighted by molar-refractivity contribution is -0.133. The summed E-state index contributed by atoms with van der Waals surface area (Å²) in [5.41, 5.74) is 1.40. The molecule has 6 nitrogen and oxygen atoms in total. The number of aromatic nitrogens is 2. The number of hydrogen-bond acceptors (Lipinski definition) is 4. The van der Waals surface area contributed by atoms with E-state index >= 15 is 0 Å². The number of carbonyl (C=O) groups is 2. The molecule has 0 unspecified atom stereocenters. The largest absolute Gasteiger partial charge is 0.481 e. The van der Waals surface area contributed by atoms with Crippen LogP contribution in [-0.2, 0) is 11.8 Å². The molecule has 0 fully saturated rings. The van der Waals surface area contributed by atoms with E-state index in [-0.39, 0.29) is 11.7 Å². The Balaban J connectivity index is 2.41. The van der Waals surface area contributed by atoms with Gasteiger partial charge in [0.15, 0.2) is 0 Å². The molecular weight excluding hydrogens is 266 g/mol. The van der Waals surface area contributed by atoms with Gasteiger partial charge < -0.3 is 10.4 Å². The molecule has 0 radical (unpaired) electrons. The van der Waals surface area contributed by atoms with Crippen molar-refractivity contribution in [1.29, 1.82) is 0 Å². The van der Waals surface area contributed by atoms with Gasteiger partial charge in [0.25, 0.3) is 5.91 Å². The number of carboxylic acid groups (broad SMARTS) is 1. The van der Waals surface area contributed by atoms with Crippen molar-refractivity contribution in [3.8, 4) is 0 Å². The first-order chi connectivity index (χ1) is 8.91. The van der Waals surface area contributed by atoms with Crippen molar-refractivity contribution in [1.82, 2.24) is 15.1 Å². The molecule has 1 aromatic heterocycles. The maximum absolute atomic E-state index is 11.8. The third-order valence-electron chi connectivity index (χ3n) is 2.50. The summed E-state index contributed by atoms with van der Waals surface area (Å²) in [6.07, 6.45) is 0. The molecule has 0 aliphatic carbocycles. The van der Waals surface area contributed by atoms with Gasteiger partial charge in [-0.05, 0) is 12.0 Å². The van der Waals surface area contributed by atoms with Crippen LogP contribution in [0.25, 0.3) is 0 Å². The molecule has 19 heavy (non-hydrogen) atoms. The van der Waals surface area contributed by atoms with E-state index in [2.05, 4.69) is 10.4 Å². The third-order valence-corrected chi connectivity index (χ3v) is 3.44. The molecule has 106 valence electrons. The van der Waals surface area contributed by atoms with Crippen LogP contribution in [0.2, 0.25) is 0 Å². The van der Waals surface area contributed by atoms with Crippen molar-refractivity contribution in [2.75, 3.05) is 18.1 Å². The molecule has 0 aliphatic heterocycles. The minimum atomic E-state index is -0.845. The molecule has 1 rings (SSSR count).